The van der Waals surface area contributed by atoms with Gasteiger partial charge in [0, 0.05) is 36.7 Å². The highest BCUT2D eigenvalue weighted by Gasteiger charge is 2.46. The van der Waals surface area contributed by atoms with E-state index in [9.17, 15) is 0 Å². The molecule has 0 saturated heterocycles. The van der Waals surface area contributed by atoms with Crippen LogP contribution in [0.25, 0.3) is 86.7 Å². The van der Waals surface area contributed by atoms with Gasteiger partial charge in [0.25, 0.3) is 0 Å². The molecule has 0 N–H and O–H groups in total. The first-order valence-electron chi connectivity index (χ1n) is 17.7. The van der Waals surface area contributed by atoms with Gasteiger partial charge in [-0.3, -0.25) is 0 Å². The molecule has 7 aromatic carbocycles. The summed E-state index contributed by atoms with van der Waals surface area (Å²) in [5, 5.41) is 5.30. The third-order valence-corrected chi connectivity index (χ3v) is 12.9. The number of hydrogen-bond acceptors (Lipinski definition) is 3. The summed E-state index contributed by atoms with van der Waals surface area (Å²) in [4.78, 5) is 10.4. The lowest BCUT2D eigenvalue weighted by atomic mass is 9.54. The zero-order chi connectivity index (χ0) is 34.5. The molecule has 1 aliphatic carbocycles. The summed E-state index contributed by atoms with van der Waals surface area (Å²) in [6.45, 7) is 9.73. The smallest absolute Gasteiger partial charge is 0.0973 e. The van der Waals surface area contributed by atoms with Crippen LogP contribution in [0, 0.1) is 0 Å². The number of nitrogens with zero attached hydrogens (tertiary/aromatic N) is 2. The van der Waals surface area contributed by atoms with Gasteiger partial charge < -0.3 is 0 Å². The molecule has 51 heavy (non-hydrogen) atoms. The molecule has 9 aromatic rings. The number of aromatic nitrogens is 2. The summed E-state index contributed by atoms with van der Waals surface area (Å²) in [6.07, 6.45) is 0. The first kappa shape index (κ1) is 30.2. The van der Waals surface area contributed by atoms with Crippen LogP contribution in [0.15, 0.2) is 146 Å². The third-order valence-electron chi connectivity index (χ3n) is 11.8. The fourth-order valence-corrected chi connectivity index (χ4v) is 9.50. The Morgan fingerprint density at radius 3 is 1.80 bits per heavy atom. The van der Waals surface area contributed by atoms with Crippen LogP contribution in [0.5, 0.6) is 0 Å². The molecular weight excluding hydrogens is 637 g/mol. The van der Waals surface area contributed by atoms with Gasteiger partial charge in [0.05, 0.1) is 22.4 Å². The molecule has 1 aliphatic rings. The third kappa shape index (κ3) is 4.48. The van der Waals surface area contributed by atoms with Crippen LogP contribution in [-0.2, 0) is 10.8 Å². The van der Waals surface area contributed by atoms with Crippen LogP contribution in [0.4, 0.5) is 0 Å². The van der Waals surface area contributed by atoms with Gasteiger partial charge in [-0.15, -0.1) is 11.3 Å². The van der Waals surface area contributed by atoms with Crippen LogP contribution in [0.1, 0.15) is 38.8 Å². The lowest BCUT2D eigenvalue weighted by Crippen LogP contribution is -2.43. The van der Waals surface area contributed by atoms with Crippen molar-refractivity contribution >= 4 is 53.3 Å². The van der Waals surface area contributed by atoms with Crippen LogP contribution >= 0.6 is 11.3 Å². The maximum absolute atomic E-state index is 5.27. The highest BCUT2D eigenvalue weighted by atomic mass is 32.1. The fraction of sp³-hybridized carbons (Fsp3) is 0.125. The predicted octanol–water partition coefficient (Wildman–Crippen LogP) is 13.4. The van der Waals surface area contributed by atoms with E-state index in [1.54, 1.807) is 0 Å². The van der Waals surface area contributed by atoms with Crippen molar-refractivity contribution < 1.29 is 0 Å². The Bertz CT molecular complexity index is 2850. The van der Waals surface area contributed by atoms with Crippen molar-refractivity contribution in [1.29, 1.82) is 0 Å². The van der Waals surface area contributed by atoms with Crippen LogP contribution < -0.4 is 0 Å². The van der Waals surface area contributed by atoms with E-state index in [2.05, 4.69) is 161 Å². The molecule has 244 valence electrons. The number of rotatable bonds is 3. The number of thiophene rings is 1. The number of hydrogen-bond donors (Lipinski definition) is 0. The van der Waals surface area contributed by atoms with E-state index in [1.165, 1.54) is 58.8 Å². The quantitative estimate of drug-likeness (QED) is 0.187. The molecule has 0 saturated carbocycles. The summed E-state index contributed by atoms with van der Waals surface area (Å²) in [5.74, 6) is 0. The molecule has 2 heterocycles. The minimum absolute atomic E-state index is 0.0467. The molecule has 0 fully saturated rings. The van der Waals surface area contributed by atoms with Crippen molar-refractivity contribution in [2.24, 2.45) is 0 Å². The normalized spacial score (nSPS) is 14.6. The Balaban J connectivity index is 1.15. The van der Waals surface area contributed by atoms with Crippen molar-refractivity contribution in [3.63, 3.8) is 0 Å². The first-order chi connectivity index (χ1) is 24.8. The highest BCUT2D eigenvalue weighted by Crippen LogP contribution is 2.57. The van der Waals surface area contributed by atoms with Gasteiger partial charge >= 0.3 is 0 Å². The minimum atomic E-state index is -0.0555. The Labute approximate surface area is 302 Å². The van der Waals surface area contributed by atoms with Crippen LogP contribution in [0.2, 0.25) is 0 Å². The zero-order valence-electron chi connectivity index (χ0n) is 29.2. The van der Waals surface area contributed by atoms with Gasteiger partial charge in [0.2, 0.25) is 0 Å². The van der Waals surface area contributed by atoms with Crippen LogP contribution in [-0.4, -0.2) is 9.97 Å². The van der Waals surface area contributed by atoms with E-state index < -0.39 is 0 Å². The Hall–Kier alpha value is -5.64. The molecule has 3 heteroatoms. The van der Waals surface area contributed by atoms with E-state index in [0.717, 1.165) is 39.1 Å². The second kappa shape index (κ2) is 10.9. The average Bonchev–Trinajstić information content (AvgIpc) is 3.53. The minimum Gasteiger partial charge on any atom is -0.244 e. The molecule has 0 atom stereocenters. The van der Waals surface area contributed by atoms with Gasteiger partial charge in [-0.1, -0.05) is 137 Å². The van der Waals surface area contributed by atoms with Crippen molar-refractivity contribution in [3.8, 4) is 44.8 Å². The molecule has 0 spiro atoms. The Kier molecular flexibility index (Phi) is 6.47. The Morgan fingerprint density at radius 2 is 1.06 bits per heavy atom. The second-order valence-corrected chi connectivity index (χ2v) is 16.1. The lowest BCUT2D eigenvalue weighted by Gasteiger charge is -2.49. The average molecular weight is 673 g/mol. The van der Waals surface area contributed by atoms with Crippen molar-refractivity contribution in [2.45, 2.75) is 38.5 Å². The van der Waals surface area contributed by atoms with Gasteiger partial charge in [0.15, 0.2) is 0 Å². The number of benzene rings is 7. The fourth-order valence-electron chi connectivity index (χ4n) is 8.39. The lowest BCUT2D eigenvalue weighted by molar-refractivity contribution is 0.301. The summed E-state index contributed by atoms with van der Waals surface area (Å²) >= 11 is 1.90. The van der Waals surface area contributed by atoms with E-state index in [-0.39, 0.29) is 10.8 Å². The van der Waals surface area contributed by atoms with Crippen molar-refractivity contribution in [2.75, 3.05) is 0 Å². The zero-order valence-corrected chi connectivity index (χ0v) is 30.0. The summed E-state index contributed by atoms with van der Waals surface area (Å²) in [5.41, 5.74) is 13.6. The van der Waals surface area contributed by atoms with Gasteiger partial charge in [0.1, 0.15) is 0 Å². The van der Waals surface area contributed by atoms with Crippen molar-refractivity contribution in [1.82, 2.24) is 9.97 Å². The van der Waals surface area contributed by atoms with Crippen LogP contribution in [0.3, 0.4) is 0 Å². The standard InChI is InChI=1S/C48H36N2S/c1-47(2)39-28-43-38(27-36(39)35-22-19-29-13-11-12-18-34(29)44(35)48(47,3)4)37-25-32(21-24-42(37)51-43)33-20-23-40-41(26-33)50-46(31-16-9-6-10-17-31)45(49-40)30-14-7-5-8-15-30/h5-28H,1-4H3. The topological polar surface area (TPSA) is 25.8 Å². The molecule has 0 unspecified atom stereocenters. The first-order valence-corrected chi connectivity index (χ1v) is 18.6. The summed E-state index contributed by atoms with van der Waals surface area (Å²) < 4.78 is 2.66. The molecule has 2 aromatic heterocycles. The maximum atomic E-state index is 5.27. The van der Waals surface area contributed by atoms with Gasteiger partial charge in [-0.25, -0.2) is 9.97 Å². The molecule has 0 bridgehead atoms. The van der Waals surface area contributed by atoms with E-state index in [4.69, 9.17) is 9.97 Å². The SMILES string of the molecule is CC1(C)c2cc3sc4ccc(-c5ccc6nc(-c7ccccc7)c(-c7ccccc7)nc6c5)cc4c3cc2-c2ccc3ccccc3c2C1(C)C. The molecule has 0 radical (unpaired) electrons. The largest absolute Gasteiger partial charge is 0.244 e. The molecular formula is C48H36N2S. The van der Waals surface area contributed by atoms with E-state index in [1.807, 2.05) is 23.5 Å². The van der Waals surface area contributed by atoms with Crippen molar-refractivity contribution in [3.05, 3.63) is 157 Å². The van der Waals surface area contributed by atoms with Gasteiger partial charge in [-0.2, -0.15) is 0 Å². The summed E-state index contributed by atoms with van der Waals surface area (Å²) in [6, 6.07) is 52.7. The van der Waals surface area contributed by atoms with E-state index >= 15 is 0 Å². The molecule has 10 rings (SSSR count). The number of fused-ring (bicyclic) bond motifs is 9. The molecule has 2 nitrogen and oxygen atoms in total. The van der Waals surface area contributed by atoms with E-state index in [0.29, 0.717) is 0 Å². The van der Waals surface area contributed by atoms with Gasteiger partial charge in [-0.05, 0) is 86.0 Å². The highest BCUT2D eigenvalue weighted by molar-refractivity contribution is 7.25. The maximum Gasteiger partial charge on any atom is 0.0973 e. The second-order valence-electron chi connectivity index (χ2n) is 15.0. The predicted molar refractivity (Wildman–Crippen MR) is 218 cm³/mol. The monoisotopic (exact) mass is 672 g/mol. The summed E-state index contributed by atoms with van der Waals surface area (Å²) in [7, 11) is 0. The molecule has 0 amide bonds. The Morgan fingerprint density at radius 1 is 0.431 bits per heavy atom. The molecule has 0 aliphatic heterocycles.